The van der Waals surface area contributed by atoms with E-state index in [-0.39, 0.29) is 6.10 Å². The number of rotatable bonds is 6. The number of fused-ring (bicyclic) bond motifs is 1. The molecule has 3 aromatic rings. The van der Waals surface area contributed by atoms with Crippen molar-refractivity contribution < 1.29 is 4.74 Å². The molecule has 0 aliphatic rings. The van der Waals surface area contributed by atoms with Crippen molar-refractivity contribution >= 4 is 22.2 Å². The molecule has 21 heavy (non-hydrogen) atoms. The van der Waals surface area contributed by atoms with Crippen LogP contribution in [0.25, 0.3) is 10.9 Å². The fraction of sp³-hybridized carbons (Fsp3) is 0.250. The number of nitrogens with one attached hydrogen (secondary N) is 1. The highest BCUT2D eigenvalue weighted by Gasteiger charge is 2.15. The first-order chi connectivity index (χ1) is 10.4. The highest BCUT2D eigenvalue weighted by atomic mass is 32.1. The van der Waals surface area contributed by atoms with Gasteiger partial charge in [0.1, 0.15) is 18.2 Å². The van der Waals surface area contributed by atoms with Crippen LogP contribution < -0.4 is 10.1 Å². The van der Waals surface area contributed by atoms with Crippen LogP contribution in [0.15, 0.2) is 48.2 Å². The van der Waals surface area contributed by atoms with Gasteiger partial charge in [0.15, 0.2) is 0 Å². The molecule has 4 nitrogen and oxygen atoms in total. The predicted octanol–water partition coefficient (Wildman–Crippen LogP) is 3.42. The van der Waals surface area contributed by atoms with Crippen molar-refractivity contribution in [1.82, 2.24) is 15.3 Å². The van der Waals surface area contributed by atoms with Crippen molar-refractivity contribution in [2.24, 2.45) is 0 Å². The van der Waals surface area contributed by atoms with Crippen LogP contribution in [-0.4, -0.2) is 23.6 Å². The molecule has 0 amide bonds. The Balaban J connectivity index is 1.90. The number of thiophene rings is 1. The van der Waals surface area contributed by atoms with Crippen molar-refractivity contribution in [1.29, 1.82) is 0 Å². The predicted molar refractivity (Wildman–Crippen MR) is 85.8 cm³/mol. The van der Waals surface area contributed by atoms with Crippen LogP contribution >= 0.6 is 11.3 Å². The normalized spacial score (nSPS) is 12.4. The molecule has 0 bridgehead atoms. The van der Waals surface area contributed by atoms with E-state index in [1.54, 1.807) is 23.9 Å². The van der Waals surface area contributed by atoms with Crippen molar-refractivity contribution in [3.63, 3.8) is 0 Å². The maximum Gasteiger partial charge on any atom is 0.134 e. The Morgan fingerprint density at radius 1 is 1.29 bits per heavy atom. The van der Waals surface area contributed by atoms with Crippen LogP contribution in [0.5, 0.6) is 5.75 Å². The number of ether oxygens (including phenoxy) is 1. The molecule has 0 unspecified atom stereocenters. The molecule has 0 saturated heterocycles. The van der Waals surface area contributed by atoms with E-state index in [4.69, 9.17) is 4.74 Å². The average Bonchev–Trinajstić information content (AvgIpc) is 3.06. The standard InChI is InChI=1S/C16H17N3OS/c1-17-8-7-15(16-6-3-9-21-16)20-14-5-2-4-13-12(14)10-18-11-19-13/h2-6,9-11,15,17H,7-8H2,1H3/t15-/m1/s1. The first-order valence-electron chi connectivity index (χ1n) is 6.92. The van der Waals surface area contributed by atoms with Crippen molar-refractivity contribution in [3.8, 4) is 5.75 Å². The Labute approximate surface area is 127 Å². The minimum atomic E-state index is 0.0447. The second kappa shape index (κ2) is 6.65. The zero-order valence-corrected chi connectivity index (χ0v) is 12.6. The van der Waals surface area contributed by atoms with E-state index in [1.165, 1.54) is 4.88 Å². The molecule has 0 radical (unpaired) electrons. The summed E-state index contributed by atoms with van der Waals surface area (Å²) in [4.78, 5) is 9.61. The fourth-order valence-electron chi connectivity index (χ4n) is 2.24. The number of aromatic nitrogens is 2. The summed E-state index contributed by atoms with van der Waals surface area (Å²) >= 11 is 1.72. The summed E-state index contributed by atoms with van der Waals surface area (Å²) in [7, 11) is 1.96. The van der Waals surface area contributed by atoms with E-state index in [1.807, 2.05) is 25.2 Å². The van der Waals surface area contributed by atoms with Gasteiger partial charge in [0.2, 0.25) is 0 Å². The van der Waals surface area contributed by atoms with Crippen LogP contribution in [0.4, 0.5) is 0 Å². The molecule has 3 rings (SSSR count). The molecule has 0 aliphatic carbocycles. The second-order valence-electron chi connectivity index (χ2n) is 4.73. The third-order valence-corrected chi connectivity index (χ3v) is 4.26. The molecule has 108 valence electrons. The summed E-state index contributed by atoms with van der Waals surface area (Å²) in [6.45, 7) is 0.907. The minimum absolute atomic E-state index is 0.0447. The van der Waals surface area contributed by atoms with Crippen LogP contribution in [0.3, 0.4) is 0 Å². The highest BCUT2D eigenvalue weighted by molar-refractivity contribution is 7.10. The lowest BCUT2D eigenvalue weighted by molar-refractivity contribution is 0.201. The summed E-state index contributed by atoms with van der Waals surface area (Å²) in [5.74, 6) is 0.836. The SMILES string of the molecule is CNCC[C@@H](Oc1cccc2ncncc12)c1cccs1. The largest absolute Gasteiger partial charge is 0.484 e. The average molecular weight is 299 g/mol. The van der Waals surface area contributed by atoms with E-state index in [0.29, 0.717) is 0 Å². The lowest BCUT2D eigenvalue weighted by Crippen LogP contribution is -2.15. The summed E-state index contributed by atoms with van der Waals surface area (Å²) < 4.78 is 6.26. The van der Waals surface area contributed by atoms with Gasteiger partial charge in [0.25, 0.3) is 0 Å². The van der Waals surface area contributed by atoms with Crippen LogP contribution in [0.1, 0.15) is 17.4 Å². The van der Waals surface area contributed by atoms with E-state index in [2.05, 4.69) is 32.8 Å². The molecule has 0 saturated carbocycles. The topological polar surface area (TPSA) is 47.0 Å². The third-order valence-electron chi connectivity index (χ3n) is 3.30. The minimum Gasteiger partial charge on any atom is -0.484 e. The van der Waals surface area contributed by atoms with Gasteiger partial charge in [0, 0.05) is 17.5 Å². The van der Waals surface area contributed by atoms with Crippen LogP contribution in [0.2, 0.25) is 0 Å². The Bertz CT molecular complexity index is 694. The first kappa shape index (κ1) is 14.0. The van der Waals surface area contributed by atoms with Crippen molar-refractivity contribution in [2.45, 2.75) is 12.5 Å². The van der Waals surface area contributed by atoms with Gasteiger partial charge in [-0.2, -0.15) is 0 Å². The quantitative estimate of drug-likeness (QED) is 0.757. The van der Waals surface area contributed by atoms with Crippen molar-refractivity contribution in [2.75, 3.05) is 13.6 Å². The van der Waals surface area contributed by atoms with Gasteiger partial charge in [-0.3, -0.25) is 0 Å². The Morgan fingerprint density at radius 2 is 2.24 bits per heavy atom. The molecule has 2 aromatic heterocycles. The number of nitrogens with zero attached hydrogens (tertiary/aromatic N) is 2. The van der Waals surface area contributed by atoms with Gasteiger partial charge < -0.3 is 10.1 Å². The molecule has 5 heteroatoms. The van der Waals surface area contributed by atoms with E-state index in [0.717, 1.165) is 29.6 Å². The molecule has 0 fully saturated rings. The molecule has 0 spiro atoms. The molecular weight excluding hydrogens is 282 g/mol. The number of benzene rings is 1. The Kier molecular flexibility index (Phi) is 4.43. The van der Waals surface area contributed by atoms with Gasteiger partial charge in [-0.05, 0) is 37.2 Å². The van der Waals surface area contributed by atoms with E-state index < -0.39 is 0 Å². The summed E-state index contributed by atoms with van der Waals surface area (Å²) in [5, 5.41) is 6.21. The zero-order valence-electron chi connectivity index (χ0n) is 11.8. The lowest BCUT2D eigenvalue weighted by atomic mass is 10.2. The van der Waals surface area contributed by atoms with Crippen LogP contribution in [-0.2, 0) is 0 Å². The summed E-state index contributed by atoms with van der Waals surface area (Å²) in [5.41, 5.74) is 0.904. The molecule has 1 aromatic carbocycles. The van der Waals surface area contributed by atoms with E-state index in [9.17, 15) is 0 Å². The van der Waals surface area contributed by atoms with Gasteiger partial charge in [-0.25, -0.2) is 9.97 Å². The Morgan fingerprint density at radius 3 is 3.05 bits per heavy atom. The molecular formula is C16H17N3OS. The highest BCUT2D eigenvalue weighted by Crippen LogP contribution is 2.31. The number of hydrogen-bond donors (Lipinski definition) is 1. The third kappa shape index (κ3) is 3.20. The number of hydrogen-bond acceptors (Lipinski definition) is 5. The summed E-state index contributed by atoms with van der Waals surface area (Å²) in [6, 6.07) is 10.1. The van der Waals surface area contributed by atoms with Crippen molar-refractivity contribution in [3.05, 3.63) is 53.1 Å². The summed E-state index contributed by atoms with van der Waals surface area (Å²) in [6.07, 6.45) is 4.33. The van der Waals surface area contributed by atoms with Gasteiger partial charge in [0.05, 0.1) is 10.9 Å². The first-order valence-corrected chi connectivity index (χ1v) is 7.80. The van der Waals surface area contributed by atoms with Gasteiger partial charge in [-0.15, -0.1) is 11.3 Å². The monoisotopic (exact) mass is 299 g/mol. The van der Waals surface area contributed by atoms with Gasteiger partial charge >= 0.3 is 0 Å². The molecule has 0 aliphatic heterocycles. The van der Waals surface area contributed by atoms with Crippen LogP contribution in [0, 0.1) is 0 Å². The smallest absolute Gasteiger partial charge is 0.134 e. The molecule has 1 atom stereocenters. The van der Waals surface area contributed by atoms with Gasteiger partial charge in [-0.1, -0.05) is 12.1 Å². The lowest BCUT2D eigenvalue weighted by Gasteiger charge is -2.19. The maximum absolute atomic E-state index is 6.26. The molecule has 1 N–H and O–H groups in total. The Hall–Kier alpha value is -1.98. The second-order valence-corrected chi connectivity index (χ2v) is 5.71. The fourth-order valence-corrected chi connectivity index (χ4v) is 3.03. The van der Waals surface area contributed by atoms with E-state index >= 15 is 0 Å². The zero-order chi connectivity index (χ0) is 14.5. The maximum atomic E-state index is 6.26. The molecule has 2 heterocycles.